The van der Waals surface area contributed by atoms with Crippen molar-refractivity contribution in [3.05, 3.63) is 71.4 Å². The van der Waals surface area contributed by atoms with Crippen LogP contribution in [-0.2, 0) is 4.74 Å². The Labute approximate surface area is 211 Å². The van der Waals surface area contributed by atoms with Crippen molar-refractivity contribution in [1.29, 1.82) is 0 Å². The average Bonchev–Trinajstić information content (AvgIpc) is 2.87. The van der Waals surface area contributed by atoms with E-state index in [0.717, 1.165) is 24.3 Å². The van der Waals surface area contributed by atoms with Crippen LogP contribution in [0.15, 0.2) is 42.7 Å². The number of nitrogens with one attached hydrogen (secondary N) is 1. The Kier molecular flexibility index (Phi) is 7.49. The largest absolute Gasteiger partial charge is 0.497 e. The quantitative estimate of drug-likeness (QED) is 0.451. The van der Waals surface area contributed by atoms with Gasteiger partial charge in [-0.2, -0.15) is 0 Å². The fraction of sp³-hybridized carbons (Fsp3) is 0.346. The van der Waals surface area contributed by atoms with Gasteiger partial charge in [0.25, 0.3) is 5.91 Å². The Hall–Kier alpha value is -3.54. The molecule has 37 heavy (non-hydrogen) atoms. The molecule has 4 N–H and O–H groups in total. The number of aromatic nitrogens is 2. The van der Waals surface area contributed by atoms with Crippen molar-refractivity contribution in [3.63, 3.8) is 0 Å². The van der Waals surface area contributed by atoms with E-state index in [1.165, 1.54) is 19.5 Å². The van der Waals surface area contributed by atoms with E-state index >= 15 is 0 Å². The summed E-state index contributed by atoms with van der Waals surface area (Å²) in [6, 6.07) is 4.87. The molecule has 1 saturated heterocycles. The molecule has 2 aromatic heterocycles. The number of rotatable bonds is 6. The first-order valence-electron chi connectivity index (χ1n) is 11.7. The topological polar surface area (TPSA) is 120 Å². The second kappa shape index (κ2) is 10.4. The lowest BCUT2D eigenvalue weighted by molar-refractivity contribution is -0.181. The van der Waals surface area contributed by atoms with Crippen molar-refractivity contribution >= 4 is 11.6 Å². The van der Waals surface area contributed by atoms with E-state index in [0.29, 0.717) is 12.0 Å². The summed E-state index contributed by atoms with van der Waals surface area (Å²) in [6.45, 7) is 3.56. The first-order chi connectivity index (χ1) is 17.6. The summed E-state index contributed by atoms with van der Waals surface area (Å²) >= 11 is 0. The van der Waals surface area contributed by atoms with Crippen LogP contribution in [0.3, 0.4) is 0 Å². The van der Waals surface area contributed by atoms with E-state index in [1.54, 1.807) is 13.0 Å². The maximum absolute atomic E-state index is 14.6. The van der Waals surface area contributed by atoms with Gasteiger partial charge < -0.3 is 25.6 Å². The third-order valence-electron chi connectivity index (χ3n) is 6.77. The zero-order valence-corrected chi connectivity index (χ0v) is 20.5. The number of amides is 1. The predicted octanol–water partition coefficient (Wildman–Crippen LogP) is 4.14. The van der Waals surface area contributed by atoms with Crippen molar-refractivity contribution in [3.8, 4) is 17.0 Å². The number of ether oxygens (including phenoxy) is 2. The van der Waals surface area contributed by atoms with Crippen LogP contribution in [0.25, 0.3) is 11.3 Å². The Morgan fingerprint density at radius 3 is 2.57 bits per heavy atom. The number of benzene rings is 1. The summed E-state index contributed by atoms with van der Waals surface area (Å²) in [5.74, 6) is -4.05. The van der Waals surface area contributed by atoms with Gasteiger partial charge in [-0.3, -0.25) is 9.78 Å². The van der Waals surface area contributed by atoms with Gasteiger partial charge in [-0.25, -0.2) is 18.2 Å². The van der Waals surface area contributed by atoms with Crippen LogP contribution < -0.4 is 15.8 Å². The number of halogens is 3. The first-order valence-corrected chi connectivity index (χ1v) is 11.7. The molecule has 1 aromatic carbocycles. The molecular weight excluding hydrogens is 489 g/mol. The number of carbonyl (C=O) groups excluding carboxylic acids is 1. The summed E-state index contributed by atoms with van der Waals surface area (Å²) in [5.41, 5.74) is 4.26. The van der Waals surface area contributed by atoms with Crippen molar-refractivity contribution in [2.75, 3.05) is 12.4 Å². The molecule has 0 bridgehead atoms. The molecule has 1 aliphatic rings. The lowest BCUT2D eigenvalue weighted by Gasteiger charge is -2.45. The summed E-state index contributed by atoms with van der Waals surface area (Å²) < 4.78 is 54.5. The first kappa shape index (κ1) is 26.5. The third-order valence-corrected chi connectivity index (χ3v) is 6.77. The Bertz CT molecular complexity index is 1290. The lowest BCUT2D eigenvalue weighted by atomic mass is 9.80. The minimum Gasteiger partial charge on any atom is -0.497 e. The molecule has 0 unspecified atom stereocenters. The molecule has 1 aliphatic heterocycles. The van der Waals surface area contributed by atoms with Gasteiger partial charge in [-0.1, -0.05) is 6.92 Å². The average molecular weight is 517 g/mol. The lowest BCUT2D eigenvalue weighted by Crippen LogP contribution is -2.59. The molecule has 3 heterocycles. The summed E-state index contributed by atoms with van der Waals surface area (Å²) in [6.07, 6.45) is 2.51. The van der Waals surface area contributed by atoms with E-state index in [-0.39, 0.29) is 23.6 Å². The Morgan fingerprint density at radius 1 is 1.24 bits per heavy atom. The van der Waals surface area contributed by atoms with Crippen LogP contribution >= 0.6 is 0 Å². The maximum Gasteiger partial charge on any atom is 0.274 e. The van der Waals surface area contributed by atoms with Crippen molar-refractivity contribution in [2.24, 2.45) is 5.73 Å². The number of hydrogen-bond acceptors (Lipinski definition) is 7. The molecule has 196 valence electrons. The molecule has 4 atom stereocenters. The van der Waals surface area contributed by atoms with Crippen LogP contribution in [0.2, 0.25) is 0 Å². The van der Waals surface area contributed by atoms with Crippen LogP contribution in [0, 0.1) is 17.5 Å². The molecule has 11 heteroatoms. The molecule has 0 spiro atoms. The number of methoxy groups -OCH3 is 1. The number of nitrogens with two attached hydrogens (primary N) is 1. The second-order valence-corrected chi connectivity index (χ2v) is 8.86. The van der Waals surface area contributed by atoms with Gasteiger partial charge >= 0.3 is 0 Å². The molecule has 0 aliphatic carbocycles. The van der Waals surface area contributed by atoms with Gasteiger partial charge in [-0.15, -0.1) is 0 Å². The monoisotopic (exact) mass is 516 g/mol. The standard InChI is InChI=1S/C26H27F3N4O4/c1-4-26(35)13(2)37-21(11-22(26)30)15-7-8-31-12-20(15)33-25(34)19-6-5-16(27)24(32-19)23-17(28)9-14(36-3)10-18(23)29/h5-10,12-13,21-22,35H,4,11,30H2,1-3H3,(H,33,34)/t13-,21-,22-,26-/m1/s1. The highest BCUT2D eigenvalue weighted by Crippen LogP contribution is 2.40. The fourth-order valence-corrected chi connectivity index (χ4v) is 4.52. The normalized spacial score (nSPS) is 23.5. The predicted molar refractivity (Wildman–Crippen MR) is 129 cm³/mol. The zero-order valence-electron chi connectivity index (χ0n) is 20.5. The van der Waals surface area contributed by atoms with Gasteiger partial charge in [0.05, 0.1) is 36.8 Å². The minimum atomic E-state index is -1.19. The Balaban J connectivity index is 1.63. The maximum atomic E-state index is 14.6. The summed E-state index contributed by atoms with van der Waals surface area (Å²) in [4.78, 5) is 21.0. The summed E-state index contributed by atoms with van der Waals surface area (Å²) in [5, 5.41) is 13.5. The number of nitrogens with zero attached hydrogens (tertiary/aromatic N) is 2. The fourth-order valence-electron chi connectivity index (χ4n) is 4.52. The van der Waals surface area contributed by atoms with Gasteiger partial charge in [-0.05, 0) is 38.0 Å². The van der Waals surface area contributed by atoms with Crippen molar-refractivity contribution in [2.45, 2.75) is 50.5 Å². The molecular formula is C26H27F3N4O4. The zero-order chi connectivity index (χ0) is 26.9. The Morgan fingerprint density at radius 2 is 1.95 bits per heavy atom. The van der Waals surface area contributed by atoms with Crippen LogP contribution in [0.4, 0.5) is 18.9 Å². The second-order valence-electron chi connectivity index (χ2n) is 8.86. The number of anilines is 1. The summed E-state index contributed by atoms with van der Waals surface area (Å²) in [7, 11) is 1.24. The van der Waals surface area contributed by atoms with E-state index < -0.39 is 58.5 Å². The highest BCUT2D eigenvalue weighted by molar-refractivity contribution is 6.03. The number of hydrogen-bond donors (Lipinski definition) is 3. The SMILES string of the molecule is CC[C@]1(O)[C@H](N)C[C@H](c2ccncc2NC(=O)c2ccc(F)c(-c3c(F)cc(OC)cc3F)n2)O[C@@H]1C. The van der Waals surface area contributed by atoms with E-state index in [2.05, 4.69) is 15.3 Å². The number of aliphatic hydroxyl groups is 1. The molecule has 3 aromatic rings. The highest BCUT2D eigenvalue weighted by Gasteiger charge is 2.46. The van der Waals surface area contributed by atoms with Gasteiger partial charge in [0.15, 0.2) is 0 Å². The van der Waals surface area contributed by atoms with Gasteiger partial charge in [0.2, 0.25) is 0 Å². The smallest absolute Gasteiger partial charge is 0.274 e. The molecule has 8 nitrogen and oxygen atoms in total. The minimum absolute atomic E-state index is 0.0893. The molecule has 0 saturated carbocycles. The van der Waals surface area contributed by atoms with Gasteiger partial charge in [0.1, 0.15) is 40.2 Å². The number of carbonyl (C=O) groups is 1. The van der Waals surface area contributed by atoms with Crippen molar-refractivity contribution in [1.82, 2.24) is 9.97 Å². The number of pyridine rings is 2. The van der Waals surface area contributed by atoms with Crippen LogP contribution in [0.5, 0.6) is 5.75 Å². The van der Waals surface area contributed by atoms with Crippen LogP contribution in [-0.4, -0.2) is 45.8 Å². The van der Waals surface area contributed by atoms with E-state index in [9.17, 15) is 23.1 Å². The third kappa shape index (κ3) is 5.02. The van der Waals surface area contributed by atoms with Gasteiger partial charge in [0, 0.05) is 29.9 Å². The van der Waals surface area contributed by atoms with E-state index in [4.69, 9.17) is 15.2 Å². The van der Waals surface area contributed by atoms with Crippen LogP contribution in [0.1, 0.15) is 48.8 Å². The highest BCUT2D eigenvalue weighted by atomic mass is 19.1. The molecule has 0 radical (unpaired) electrons. The molecule has 1 fully saturated rings. The molecule has 4 rings (SSSR count). The van der Waals surface area contributed by atoms with E-state index in [1.807, 2.05) is 6.92 Å². The van der Waals surface area contributed by atoms with Crippen molar-refractivity contribution < 1.29 is 32.5 Å². The molecule has 1 amide bonds.